The van der Waals surface area contributed by atoms with Gasteiger partial charge in [0, 0.05) is 26.7 Å². The van der Waals surface area contributed by atoms with Crippen LogP contribution in [0.1, 0.15) is 25.7 Å². The average Bonchev–Trinajstić information content (AvgIpc) is 2.21. The second kappa shape index (κ2) is 9.97. The Morgan fingerprint density at radius 3 is 2.50 bits per heavy atom. The molecule has 1 rings (SSSR count). The van der Waals surface area contributed by atoms with Gasteiger partial charge >= 0.3 is 0 Å². The third-order valence-corrected chi connectivity index (χ3v) is 4.54. The predicted octanol–water partition coefficient (Wildman–Crippen LogP) is 0.754. The molecule has 0 saturated heterocycles. The summed E-state index contributed by atoms with van der Waals surface area (Å²) >= 11 is 0. The first kappa shape index (κ1) is 18.1. The maximum absolute atomic E-state index is 11.6. The van der Waals surface area contributed by atoms with Crippen molar-refractivity contribution in [3.8, 4) is 0 Å². The molecule has 1 fully saturated rings. The van der Waals surface area contributed by atoms with Crippen molar-refractivity contribution in [3.63, 3.8) is 0 Å². The van der Waals surface area contributed by atoms with Crippen LogP contribution in [0.3, 0.4) is 0 Å². The zero-order valence-electron chi connectivity index (χ0n) is 11.0. The maximum Gasteiger partial charge on any atom is 0.211 e. The summed E-state index contributed by atoms with van der Waals surface area (Å²) < 4.78 is 30.7. The number of ether oxygens (including phenoxy) is 1. The Kier molecular flexibility index (Phi) is 10.0. The largest absolute Gasteiger partial charge is 0.383 e. The molecular formula is C11H25ClN2O3S. The highest BCUT2D eigenvalue weighted by Gasteiger charge is 2.20. The van der Waals surface area contributed by atoms with Crippen LogP contribution >= 0.6 is 12.4 Å². The van der Waals surface area contributed by atoms with Crippen molar-refractivity contribution >= 4 is 22.4 Å². The molecule has 0 aromatic heterocycles. The first-order valence-electron chi connectivity index (χ1n) is 6.31. The zero-order valence-corrected chi connectivity index (χ0v) is 12.6. The number of nitrogens with one attached hydrogen (secondary N) is 2. The van der Waals surface area contributed by atoms with Crippen LogP contribution in [-0.4, -0.2) is 47.5 Å². The van der Waals surface area contributed by atoms with Crippen molar-refractivity contribution in [2.24, 2.45) is 5.92 Å². The lowest BCUT2D eigenvalue weighted by molar-refractivity contribution is 0.199. The van der Waals surface area contributed by atoms with Gasteiger partial charge in [0.2, 0.25) is 10.0 Å². The van der Waals surface area contributed by atoms with Crippen LogP contribution in [0.25, 0.3) is 0 Å². The first-order chi connectivity index (χ1) is 8.14. The van der Waals surface area contributed by atoms with E-state index < -0.39 is 10.0 Å². The van der Waals surface area contributed by atoms with Crippen LogP contribution < -0.4 is 10.0 Å². The number of rotatable bonds is 10. The topological polar surface area (TPSA) is 67.4 Å². The molecule has 2 N–H and O–H groups in total. The molecule has 1 aliphatic rings. The lowest BCUT2D eigenvalue weighted by Crippen LogP contribution is -2.35. The van der Waals surface area contributed by atoms with Crippen molar-refractivity contribution in [3.05, 3.63) is 0 Å². The van der Waals surface area contributed by atoms with Crippen LogP contribution in [0.5, 0.6) is 0 Å². The van der Waals surface area contributed by atoms with Gasteiger partial charge in [-0.1, -0.05) is 19.3 Å². The molecule has 0 unspecified atom stereocenters. The third-order valence-electron chi connectivity index (χ3n) is 3.13. The Balaban J connectivity index is 0.00000289. The van der Waals surface area contributed by atoms with Gasteiger partial charge in [-0.05, 0) is 12.3 Å². The fourth-order valence-electron chi connectivity index (χ4n) is 1.77. The summed E-state index contributed by atoms with van der Waals surface area (Å²) in [7, 11) is -1.42. The zero-order chi connectivity index (χ0) is 12.6. The maximum atomic E-state index is 11.6. The Hall–Kier alpha value is 0.120. The van der Waals surface area contributed by atoms with Crippen LogP contribution in [0.4, 0.5) is 0 Å². The van der Waals surface area contributed by atoms with E-state index in [1.807, 2.05) is 0 Å². The lowest BCUT2D eigenvalue weighted by Gasteiger charge is -2.24. The van der Waals surface area contributed by atoms with E-state index in [0.29, 0.717) is 25.6 Å². The van der Waals surface area contributed by atoms with Gasteiger partial charge in [-0.25, -0.2) is 13.1 Å². The minimum Gasteiger partial charge on any atom is -0.383 e. The Labute approximate surface area is 117 Å². The SMILES string of the molecule is COCCNCCNS(=O)(=O)CCC1CCC1.Cl. The smallest absolute Gasteiger partial charge is 0.211 e. The summed E-state index contributed by atoms with van der Waals surface area (Å²) in [5, 5.41) is 3.09. The standard InChI is InChI=1S/C11H24N2O3S.ClH/c1-16-9-8-12-6-7-13-17(14,15)10-5-11-3-2-4-11;/h11-13H,2-10H2,1H3;1H. The van der Waals surface area contributed by atoms with Gasteiger partial charge in [0.25, 0.3) is 0 Å². The van der Waals surface area contributed by atoms with E-state index in [1.54, 1.807) is 7.11 Å². The number of halogens is 1. The molecule has 0 bridgehead atoms. The molecule has 5 nitrogen and oxygen atoms in total. The van der Waals surface area contributed by atoms with Gasteiger partial charge in [0.1, 0.15) is 0 Å². The van der Waals surface area contributed by atoms with Crippen molar-refractivity contribution in [2.75, 3.05) is 39.1 Å². The van der Waals surface area contributed by atoms with Crippen molar-refractivity contribution in [1.82, 2.24) is 10.0 Å². The fourth-order valence-corrected chi connectivity index (χ4v) is 2.97. The molecule has 0 aliphatic heterocycles. The molecule has 1 aliphatic carbocycles. The molecule has 0 atom stereocenters. The summed E-state index contributed by atoms with van der Waals surface area (Å²) in [5.41, 5.74) is 0. The van der Waals surface area contributed by atoms with Crippen LogP contribution in [0.15, 0.2) is 0 Å². The van der Waals surface area contributed by atoms with E-state index >= 15 is 0 Å². The summed E-state index contributed by atoms with van der Waals surface area (Å²) in [5.74, 6) is 0.918. The van der Waals surface area contributed by atoms with Crippen molar-refractivity contribution in [2.45, 2.75) is 25.7 Å². The predicted molar refractivity (Wildman–Crippen MR) is 75.7 cm³/mol. The van der Waals surface area contributed by atoms with Gasteiger partial charge in [0.05, 0.1) is 12.4 Å². The molecular weight excluding hydrogens is 276 g/mol. The number of hydrogen-bond acceptors (Lipinski definition) is 4. The average molecular weight is 301 g/mol. The highest BCUT2D eigenvalue weighted by molar-refractivity contribution is 7.89. The Bertz CT molecular complexity index is 295. The molecule has 0 heterocycles. The van der Waals surface area contributed by atoms with E-state index in [2.05, 4.69) is 10.0 Å². The van der Waals surface area contributed by atoms with E-state index in [-0.39, 0.29) is 18.2 Å². The van der Waals surface area contributed by atoms with Crippen molar-refractivity contribution < 1.29 is 13.2 Å². The molecule has 0 radical (unpaired) electrons. The summed E-state index contributed by atoms with van der Waals surface area (Å²) in [6.07, 6.45) is 4.48. The van der Waals surface area contributed by atoms with E-state index in [4.69, 9.17) is 4.74 Å². The van der Waals surface area contributed by atoms with E-state index in [0.717, 1.165) is 13.0 Å². The quantitative estimate of drug-likeness (QED) is 0.584. The van der Waals surface area contributed by atoms with Gasteiger partial charge in [-0.15, -0.1) is 12.4 Å². The van der Waals surface area contributed by atoms with Crippen LogP contribution in [0, 0.1) is 5.92 Å². The third kappa shape index (κ3) is 8.26. The number of sulfonamides is 1. The number of hydrogen-bond donors (Lipinski definition) is 2. The van der Waals surface area contributed by atoms with Crippen molar-refractivity contribution in [1.29, 1.82) is 0 Å². The van der Waals surface area contributed by atoms with Gasteiger partial charge in [0.15, 0.2) is 0 Å². The molecule has 0 spiro atoms. The Morgan fingerprint density at radius 2 is 1.94 bits per heavy atom. The second-order valence-electron chi connectivity index (χ2n) is 4.54. The van der Waals surface area contributed by atoms with Gasteiger partial charge in [-0.2, -0.15) is 0 Å². The highest BCUT2D eigenvalue weighted by Crippen LogP contribution is 2.29. The first-order valence-corrected chi connectivity index (χ1v) is 7.96. The summed E-state index contributed by atoms with van der Waals surface area (Å²) in [4.78, 5) is 0. The molecule has 18 heavy (non-hydrogen) atoms. The van der Waals surface area contributed by atoms with Gasteiger partial charge in [-0.3, -0.25) is 0 Å². The molecule has 110 valence electrons. The fraction of sp³-hybridized carbons (Fsp3) is 1.00. The second-order valence-corrected chi connectivity index (χ2v) is 6.47. The minimum absolute atomic E-state index is 0. The monoisotopic (exact) mass is 300 g/mol. The molecule has 0 aromatic rings. The normalized spacial score (nSPS) is 16.1. The summed E-state index contributed by atoms with van der Waals surface area (Å²) in [6, 6.07) is 0. The van der Waals surface area contributed by atoms with Crippen LogP contribution in [0.2, 0.25) is 0 Å². The van der Waals surface area contributed by atoms with Crippen LogP contribution in [-0.2, 0) is 14.8 Å². The summed E-state index contributed by atoms with van der Waals surface area (Å²) in [6.45, 7) is 2.50. The highest BCUT2D eigenvalue weighted by atomic mass is 35.5. The molecule has 7 heteroatoms. The van der Waals surface area contributed by atoms with E-state index in [9.17, 15) is 8.42 Å². The van der Waals surface area contributed by atoms with Gasteiger partial charge < -0.3 is 10.1 Å². The molecule has 1 saturated carbocycles. The number of methoxy groups -OCH3 is 1. The minimum atomic E-state index is -3.07. The Morgan fingerprint density at radius 1 is 1.22 bits per heavy atom. The van der Waals surface area contributed by atoms with E-state index in [1.165, 1.54) is 19.3 Å². The lowest BCUT2D eigenvalue weighted by atomic mass is 9.84. The molecule has 0 amide bonds. The molecule has 0 aromatic carbocycles.